The molecule has 0 aliphatic heterocycles. The molecular formula is C16H12O4S2. The minimum absolute atomic E-state index is 0.0637. The number of aryl methyl sites for hydroxylation is 1. The van der Waals surface area contributed by atoms with Gasteiger partial charge in [-0.1, -0.05) is 12.1 Å². The molecule has 0 bridgehead atoms. The summed E-state index contributed by atoms with van der Waals surface area (Å²) in [5.41, 5.74) is 1.45. The Morgan fingerprint density at radius 2 is 1.86 bits per heavy atom. The van der Waals surface area contributed by atoms with E-state index in [-0.39, 0.29) is 10.6 Å². The monoisotopic (exact) mass is 332 g/mol. The standard InChI is InChI=1S/C16H12O4S2/c1-11-3-2-4-13(9-11)20-22(17,18)14-6-7-15-12(10-14)5-8-16(21)19-15/h2-10H,1H3. The van der Waals surface area contributed by atoms with E-state index < -0.39 is 10.1 Å². The molecule has 3 rings (SSSR count). The van der Waals surface area contributed by atoms with E-state index in [0.717, 1.165) is 5.56 Å². The Morgan fingerprint density at radius 1 is 1.05 bits per heavy atom. The van der Waals surface area contributed by atoms with Crippen molar-refractivity contribution in [2.75, 3.05) is 0 Å². The highest BCUT2D eigenvalue weighted by Crippen LogP contribution is 2.23. The van der Waals surface area contributed by atoms with Crippen molar-refractivity contribution in [3.05, 3.63) is 64.9 Å². The third-order valence-corrected chi connectivity index (χ3v) is 4.54. The number of benzene rings is 2. The summed E-state index contributed by atoms with van der Waals surface area (Å²) < 4.78 is 35.6. The zero-order valence-electron chi connectivity index (χ0n) is 11.6. The molecule has 0 atom stereocenters. The van der Waals surface area contributed by atoms with Gasteiger partial charge < -0.3 is 8.60 Å². The van der Waals surface area contributed by atoms with Gasteiger partial charge in [-0.2, -0.15) is 8.42 Å². The van der Waals surface area contributed by atoms with E-state index in [9.17, 15) is 8.42 Å². The molecule has 0 unspecified atom stereocenters. The molecule has 0 spiro atoms. The zero-order chi connectivity index (χ0) is 15.7. The lowest BCUT2D eigenvalue weighted by molar-refractivity contribution is 0.486. The van der Waals surface area contributed by atoms with Crippen LogP contribution in [0, 0.1) is 11.6 Å². The maximum absolute atomic E-state index is 12.4. The molecule has 0 fully saturated rings. The topological polar surface area (TPSA) is 56.5 Å². The highest BCUT2D eigenvalue weighted by atomic mass is 32.2. The van der Waals surface area contributed by atoms with Crippen LogP contribution in [0.15, 0.2) is 63.9 Å². The molecule has 0 aliphatic carbocycles. The Bertz CT molecular complexity index is 1000. The highest BCUT2D eigenvalue weighted by molar-refractivity contribution is 7.87. The second-order valence-corrected chi connectivity index (χ2v) is 6.76. The largest absolute Gasteiger partial charge is 0.445 e. The first-order valence-corrected chi connectivity index (χ1v) is 8.31. The fourth-order valence-electron chi connectivity index (χ4n) is 2.05. The second-order valence-electron chi connectivity index (χ2n) is 4.81. The maximum Gasteiger partial charge on any atom is 0.339 e. The fraction of sp³-hybridized carbons (Fsp3) is 0.0625. The van der Waals surface area contributed by atoms with E-state index in [1.165, 1.54) is 12.1 Å². The first-order chi connectivity index (χ1) is 10.4. The third kappa shape index (κ3) is 3.03. The summed E-state index contributed by atoms with van der Waals surface area (Å²) in [6, 6.07) is 14.7. The van der Waals surface area contributed by atoms with Crippen LogP contribution in [0.25, 0.3) is 11.0 Å². The molecule has 3 aromatic rings. The summed E-state index contributed by atoms with van der Waals surface area (Å²) in [5, 5.41) is 0.641. The predicted octanol–water partition coefficient (Wildman–Crippen LogP) is 4.24. The summed E-state index contributed by atoms with van der Waals surface area (Å²) in [5.74, 6) is 0.283. The van der Waals surface area contributed by atoms with Gasteiger partial charge in [0.1, 0.15) is 16.2 Å². The second kappa shape index (κ2) is 5.55. The van der Waals surface area contributed by atoms with Crippen molar-refractivity contribution in [1.29, 1.82) is 0 Å². The van der Waals surface area contributed by atoms with E-state index in [1.54, 1.807) is 36.4 Å². The van der Waals surface area contributed by atoms with Crippen molar-refractivity contribution in [2.45, 2.75) is 11.8 Å². The van der Waals surface area contributed by atoms with Crippen LogP contribution in [-0.4, -0.2) is 8.42 Å². The van der Waals surface area contributed by atoms with Crippen LogP contribution >= 0.6 is 12.2 Å². The van der Waals surface area contributed by atoms with Gasteiger partial charge in [0.2, 0.25) is 0 Å². The van der Waals surface area contributed by atoms with Gasteiger partial charge in [0, 0.05) is 5.39 Å². The summed E-state index contributed by atoms with van der Waals surface area (Å²) >= 11 is 4.94. The van der Waals surface area contributed by atoms with E-state index in [4.69, 9.17) is 20.8 Å². The Labute approximate surface area is 133 Å². The van der Waals surface area contributed by atoms with Gasteiger partial charge in [-0.3, -0.25) is 0 Å². The van der Waals surface area contributed by atoms with Crippen molar-refractivity contribution < 1.29 is 17.0 Å². The van der Waals surface area contributed by atoms with E-state index in [0.29, 0.717) is 15.7 Å². The molecule has 0 saturated heterocycles. The van der Waals surface area contributed by atoms with Gasteiger partial charge in [0.25, 0.3) is 0 Å². The molecule has 1 heterocycles. The van der Waals surface area contributed by atoms with Crippen LogP contribution in [0.3, 0.4) is 0 Å². The molecule has 6 heteroatoms. The lowest BCUT2D eigenvalue weighted by Crippen LogP contribution is -2.09. The van der Waals surface area contributed by atoms with Crippen LogP contribution in [-0.2, 0) is 10.1 Å². The summed E-state index contributed by atoms with van der Waals surface area (Å²) in [6.45, 7) is 1.86. The minimum atomic E-state index is -3.90. The molecule has 0 amide bonds. The number of rotatable bonds is 3. The van der Waals surface area contributed by atoms with E-state index >= 15 is 0 Å². The summed E-state index contributed by atoms with van der Waals surface area (Å²) in [7, 11) is -3.90. The number of hydrogen-bond acceptors (Lipinski definition) is 5. The van der Waals surface area contributed by atoms with Gasteiger partial charge in [0.05, 0.1) is 0 Å². The van der Waals surface area contributed by atoms with Crippen molar-refractivity contribution in [1.82, 2.24) is 0 Å². The van der Waals surface area contributed by atoms with Gasteiger partial charge in [-0.15, -0.1) is 0 Å². The average Bonchev–Trinajstić information content (AvgIpc) is 2.46. The Balaban J connectivity index is 2.01. The third-order valence-electron chi connectivity index (χ3n) is 3.07. The molecule has 112 valence electrons. The average molecular weight is 332 g/mol. The lowest BCUT2D eigenvalue weighted by Gasteiger charge is -2.08. The first-order valence-electron chi connectivity index (χ1n) is 6.49. The van der Waals surface area contributed by atoms with Gasteiger partial charge >= 0.3 is 10.1 Å². The predicted molar refractivity (Wildman–Crippen MR) is 86.0 cm³/mol. The van der Waals surface area contributed by atoms with E-state index in [1.807, 2.05) is 13.0 Å². The van der Waals surface area contributed by atoms with Crippen LogP contribution in [0.5, 0.6) is 5.75 Å². The summed E-state index contributed by atoms with van der Waals surface area (Å²) in [6.07, 6.45) is 0. The van der Waals surface area contributed by atoms with Crippen LogP contribution in [0.1, 0.15) is 5.56 Å². The molecule has 22 heavy (non-hydrogen) atoms. The Hall–Kier alpha value is -2.18. The Morgan fingerprint density at radius 3 is 2.64 bits per heavy atom. The van der Waals surface area contributed by atoms with E-state index in [2.05, 4.69) is 0 Å². The fourth-order valence-corrected chi connectivity index (χ4v) is 3.16. The minimum Gasteiger partial charge on any atom is -0.445 e. The molecule has 0 aliphatic rings. The van der Waals surface area contributed by atoms with Gasteiger partial charge in [-0.25, -0.2) is 0 Å². The Kier molecular flexibility index (Phi) is 3.72. The quantitative estimate of drug-likeness (QED) is 0.530. The molecule has 0 saturated carbocycles. The normalized spacial score (nSPS) is 11.5. The molecule has 2 aromatic carbocycles. The van der Waals surface area contributed by atoms with Crippen LogP contribution < -0.4 is 4.18 Å². The van der Waals surface area contributed by atoms with Crippen molar-refractivity contribution >= 4 is 33.3 Å². The summed E-state index contributed by atoms with van der Waals surface area (Å²) in [4.78, 5) is 0.0637. The maximum atomic E-state index is 12.4. The van der Waals surface area contributed by atoms with Crippen LogP contribution in [0.2, 0.25) is 0 Å². The molecule has 4 nitrogen and oxygen atoms in total. The van der Waals surface area contributed by atoms with Gasteiger partial charge in [0.15, 0.2) is 4.71 Å². The smallest absolute Gasteiger partial charge is 0.339 e. The molecule has 0 N–H and O–H groups in total. The molecule has 0 radical (unpaired) electrons. The van der Waals surface area contributed by atoms with Crippen LogP contribution in [0.4, 0.5) is 0 Å². The lowest BCUT2D eigenvalue weighted by atomic mass is 10.2. The highest BCUT2D eigenvalue weighted by Gasteiger charge is 2.17. The molecule has 1 aromatic heterocycles. The van der Waals surface area contributed by atoms with Crippen molar-refractivity contribution in [2.24, 2.45) is 0 Å². The molecular weight excluding hydrogens is 320 g/mol. The van der Waals surface area contributed by atoms with Crippen molar-refractivity contribution in [3.63, 3.8) is 0 Å². The SMILES string of the molecule is Cc1cccc(OS(=O)(=O)c2ccc3oc(=S)ccc3c2)c1. The zero-order valence-corrected chi connectivity index (χ0v) is 13.3. The van der Waals surface area contributed by atoms with Crippen molar-refractivity contribution in [3.8, 4) is 5.75 Å². The first kappa shape index (κ1) is 14.7. The number of hydrogen-bond donors (Lipinski definition) is 0. The number of fused-ring (bicyclic) bond motifs is 1. The van der Waals surface area contributed by atoms with Gasteiger partial charge in [-0.05, 0) is 67.2 Å².